The van der Waals surface area contributed by atoms with Gasteiger partial charge in [-0.05, 0) is 50.8 Å². The summed E-state index contributed by atoms with van der Waals surface area (Å²) in [6.45, 7) is 9.64. The van der Waals surface area contributed by atoms with Crippen molar-refractivity contribution >= 4 is 5.91 Å². The summed E-state index contributed by atoms with van der Waals surface area (Å²) in [5.41, 5.74) is 2.14. The Bertz CT molecular complexity index is 474. The molecule has 0 atom stereocenters. The van der Waals surface area contributed by atoms with Gasteiger partial charge in [0.25, 0.3) is 5.91 Å². The number of amides is 1. The number of aryl methyl sites for hydroxylation is 2. The number of ether oxygens (including phenoxy) is 1. The minimum atomic E-state index is -0.0170. The van der Waals surface area contributed by atoms with E-state index in [0.717, 1.165) is 49.4 Å². The van der Waals surface area contributed by atoms with Crippen molar-refractivity contribution in [3.05, 3.63) is 29.3 Å². The normalized spacial score (nSPS) is 16.5. The summed E-state index contributed by atoms with van der Waals surface area (Å²) >= 11 is 0. The van der Waals surface area contributed by atoms with Crippen molar-refractivity contribution in [2.45, 2.75) is 46.1 Å². The van der Waals surface area contributed by atoms with Gasteiger partial charge < -0.3 is 15.0 Å². The molecule has 1 saturated heterocycles. The van der Waals surface area contributed by atoms with Gasteiger partial charge in [0.1, 0.15) is 5.75 Å². The number of benzene rings is 1. The molecule has 0 saturated carbocycles. The molecule has 0 bridgehead atoms. The Morgan fingerprint density at radius 3 is 2.50 bits per heavy atom. The van der Waals surface area contributed by atoms with Gasteiger partial charge in [0, 0.05) is 19.1 Å². The van der Waals surface area contributed by atoms with Gasteiger partial charge in [0.2, 0.25) is 0 Å². The maximum atomic E-state index is 12.1. The van der Waals surface area contributed by atoms with Crippen molar-refractivity contribution in [1.29, 1.82) is 0 Å². The molecule has 122 valence electrons. The minimum absolute atomic E-state index is 0.0170. The number of hydrogen-bond donors (Lipinski definition) is 1. The van der Waals surface area contributed by atoms with E-state index in [1.165, 1.54) is 6.42 Å². The minimum Gasteiger partial charge on any atom is -0.483 e. The number of carbonyl (C=O) groups is 1. The molecular weight excluding hydrogens is 276 g/mol. The topological polar surface area (TPSA) is 41.6 Å². The second kappa shape index (κ2) is 8.18. The Kier molecular flexibility index (Phi) is 6.25. The zero-order valence-electron chi connectivity index (χ0n) is 14.0. The highest BCUT2D eigenvalue weighted by Crippen LogP contribution is 2.22. The Balaban J connectivity index is 1.75. The third kappa shape index (κ3) is 4.73. The quantitative estimate of drug-likeness (QED) is 0.878. The lowest BCUT2D eigenvalue weighted by Crippen LogP contribution is -2.46. The smallest absolute Gasteiger partial charge is 0.258 e. The molecule has 4 nitrogen and oxygen atoms in total. The number of likely N-dealkylation sites (tertiary alicyclic amines) is 1. The van der Waals surface area contributed by atoms with Crippen LogP contribution in [0.1, 0.15) is 37.3 Å². The monoisotopic (exact) mass is 304 g/mol. The van der Waals surface area contributed by atoms with Gasteiger partial charge in [0.05, 0.1) is 0 Å². The van der Waals surface area contributed by atoms with Gasteiger partial charge in [-0.1, -0.05) is 25.1 Å². The lowest BCUT2D eigenvalue weighted by Gasteiger charge is -2.32. The van der Waals surface area contributed by atoms with Crippen LogP contribution in [-0.2, 0) is 4.79 Å². The van der Waals surface area contributed by atoms with E-state index in [1.807, 2.05) is 32.0 Å². The number of hydrogen-bond acceptors (Lipinski definition) is 3. The number of carbonyl (C=O) groups excluding carboxylic acids is 1. The summed E-state index contributed by atoms with van der Waals surface area (Å²) in [6, 6.07) is 6.30. The van der Waals surface area contributed by atoms with Crippen molar-refractivity contribution in [1.82, 2.24) is 10.2 Å². The van der Waals surface area contributed by atoms with Crippen LogP contribution in [0.25, 0.3) is 0 Å². The van der Waals surface area contributed by atoms with Crippen LogP contribution in [-0.4, -0.2) is 43.1 Å². The van der Waals surface area contributed by atoms with Crippen molar-refractivity contribution in [2.75, 3.05) is 26.2 Å². The van der Waals surface area contributed by atoms with Gasteiger partial charge in [-0.3, -0.25) is 4.79 Å². The number of nitrogens with zero attached hydrogens (tertiary/aromatic N) is 1. The van der Waals surface area contributed by atoms with E-state index >= 15 is 0 Å². The van der Waals surface area contributed by atoms with Crippen molar-refractivity contribution in [3.8, 4) is 5.75 Å². The fourth-order valence-electron chi connectivity index (χ4n) is 3.05. The van der Waals surface area contributed by atoms with Crippen LogP contribution in [0.2, 0.25) is 0 Å². The number of nitrogens with one attached hydrogen (secondary N) is 1. The molecule has 1 aromatic carbocycles. The maximum Gasteiger partial charge on any atom is 0.258 e. The molecule has 1 N–H and O–H groups in total. The Hall–Kier alpha value is -1.55. The molecule has 1 aromatic rings. The maximum absolute atomic E-state index is 12.1. The predicted octanol–water partition coefficient (Wildman–Crippen LogP) is 2.67. The van der Waals surface area contributed by atoms with Crippen LogP contribution in [0.3, 0.4) is 0 Å². The largest absolute Gasteiger partial charge is 0.483 e. The summed E-state index contributed by atoms with van der Waals surface area (Å²) in [5.74, 6) is 0.812. The second-order valence-corrected chi connectivity index (χ2v) is 6.19. The van der Waals surface area contributed by atoms with E-state index in [4.69, 9.17) is 4.74 Å². The number of para-hydroxylation sites is 1. The molecule has 0 radical (unpaired) electrons. The zero-order valence-corrected chi connectivity index (χ0v) is 14.0. The second-order valence-electron chi connectivity index (χ2n) is 6.19. The SMILES string of the molecule is CCCN1CCC(NC(=O)COc2c(C)cccc2C)CC1. The molecule has 22 heavy (non-hydrogen) atoms. The van der Waals surface area contributed by atoms with Crippen LogP contribution < -0.4 is 10.1 Å². The van der Waals surface area contributed by atoms with Gasteiger partial charge >= 0.3 is 0 Å². The predicted molar refractivity (Wildman–Crippen MR) is 89.3 cm³/mol. The molecule has 1 aliphatic heterocycles. The lowest BCUT2D eigenvalue weighted by molar-refractivity contribution is -0.124. The fraction of sp³-hybridized carbons (Fsp3) is 0.611. The standard InChI is InChI=1S/C18H28N2O2/c1-4-10-20-11-8-16(9-12-20)19-17(21)13-22-18-14(2)6-5-7-15(18)3/h5-7,16H,4,8-13H2,1-3H3,(H,19,21). The molecule has 2 rings (SSSR count). The first-order valence-electron chi connectivity index (χ1n) is 8.31. The first-order chi connectivity index (χ1) is 10.6. The Morgan fingerprint density at radius 2 is 1.91 bits per heavy atom. The first kappa shape index (κ1) is 16.8. The summed E-state index contributed by atoms with van der Waals surface area (Å²) in [7, 11) is 0. The fourth-order valence-corrected chi connectivity index (χ4v) is 3.05. The van der Waals surface area contributed by atoms with E-state index in [2.05, 4.69) is 17.1 Å². The average molecular weight is 304 g/mol. The Labute approximate surface area is 133 Å². The van der Waals surface area contributed by atoms with Gasteiger partial charge in [-0.25, -0.2) is 0 Å². The number of piperidine rings is 1. The third-order valence-electron chi connectivity index (χ3n) is 4.25. The van der Waals surface area contributed by atoms with Crippen LogP contribution in [0.5, 0.6) is 5.75 Å². The molecule has 0 aromatic heterocycles. The van der Waals surface area contributed by atoms with Crippen molar-refractivity contribution in [2.24, 2.45) is 0 Å². The highest BCUT2D eigenvalue weighted by Gasteiger charge is 2.20. The molecule has 1 heterocycles. The Morgan fingerprint density at radius 1 is 1.27 bits per heavy atom. The molecule has 0 aliphatic carbocycles. The molecule has 1 amide bonds. The summed E-state index contributed by atoms with van der Waals surface area (Å²) < 4.78 is 5.71. The van der Waals surface area contributed by atoms with E-state index in [9.17, 15) is 4.79 Å². The molecular formula is C18H28N2O2. The van der Waals surface area contributed by atoms with E-state index in [-0.39, 0.29) is 12.5 Å². The lowest BCUT2D eigenvalue weighted by atomic mass is 10.0. The van der Waals surface area contributed by atoms with Gasteiger partial charge in [0.15, 0.2) is 6.61 Å². The first-order valence-corrected chi connectivity index (χ1v) is 8.31. The molecule has 1 aliphatic rings. The van der Waals surface area contributed by atoms with Gasteiger partial charge in [-0.2, -0.15) is 0 Å². The van der Waals surface area contributed by atoms with Crippen molar-refractivity contribution < 1.29 is 9.53 Å². The van der Waals surface area contributed by atoms with Crippen molar-refractivity contribution in [3.63, 3.8) is 0 Å². The molecule has 4 heteroatoms. The molecule has 0 unspecified atom stereocenters. The summed E-state index contributed by atoms with van der Waals surface area (Å²) in [4.78, 5) is 14.5. The molecule has 0 spiro atoms. The van der Waals surface area contributed by atoms with E-state index < -0.39 is 0 Å². The summed E-state index contributed by atoms with van der Waals surface area (Å²) in [6.07, 6.45) is 3.27. The van der Waals surface area contributed by atoms with E-state index in [0.29, 0.717) is 6.04 Å². The molecule has 1 fully saturated rings. The van der Waals surface area contributed by atoms with Crippen LogP contribution in [0.4, 0.5) is 0 Å². The highest BCUT2D eigenvalue weighted by molar-refractivity contribution is 5.78. The van der Waals surface area contributed by atoms with Crippen LogP contribution in [0.15, 0.2) is 18.2 Å². The van der Waals surface area contributed by atoms with Gasteiger partial charge in [-0.15, -0.1) is 0 Å². The number of rotatable bonds is 6. The zero-order chi connectivity index (χ0) is 15.9. The average Bonchev–Trinajstić information content (AvgIpc) is 2.49. The van der Waals surface area contributed by atoms with Crippen LogP contribution >= 0.6 is 0 Å². The highest BCUT2D eigenvalue weighted by atomic mass is 16.5. The van der Waals surface area contributed by atoms with Crippen LogP contribution in [0, 0.1) is 13.8 Å². The summed E-state index contributed by atoms with van der Waals surface area (Å²) in [5, 5.41) is 3.10. The third-order valence-corrected chi connectivity index (χ3v) is 4.25. The van der Waals surface area contributed by atoms with E-state index in [1.54, 1.807) is 0 Å².